The van der Waals surface area contributed by atoms with Gasteiger partial charge in [-0.25, -0.2) is 0 Å². The number of thioether (sulfide) groups is 1. The van der Waals surface area contributed by atoms with Crippen LogP contribution in [0.4, 0.5) is 0 Å². The molecule has 21 heavy (non-hydrogen) atoms. The minimum atomic E-state index is 0.216. The second-order valence-corrected chi connectivity index (χ2v) is 6.91. The Hall–Kier alpha value is -0.710. The predicted octanol–water partition coefficient (Wildman–Crippen LogP) is 3.13. The zero-order valence-electron chi connectivity index (χ0n) is 12.6. The Kier molecular flexibility index (Phi) is 6.87. The summed E-state index contributed by atoms with van der Waals surface area (Å²) in [6, 6.07) is 7.80. The van der Waals surface area contributed by atoms with Gasteiger partial charge in [0.15, 0.2) is 0 Å². The molecule has 1 aromatic rings. The molecule has 0 N–H and O–H groups in total. The zero-order chi connectivity index (χ0) is 15.1. The molecular weight excluding hydrogens is 304 g/mol. The number of halogens is 1. The second-order valence-electron chi connectivity index (χ2n) is 5.48. The SMILES string of the molecule is CN(CCN1CCCC1)C(=O)CSCc1ccc(Cl)cc1. The van der Waals surface area contributed by atoms with E-state index < -0.39 is 0 Å². The van der Waals surface area contributed by atoms with Gasteiger partial charge in [0.2, 0.25) is 5.91 Å². The van der Waals surface area contributed by atoms with Gasteiger partial charge in [-0.15, -0.1) is 11.8 Å². The molecule has 0 atom stereocenters. The van der Waals surface area contributed by atoms with Crippen LogP contribution in [0.5, 0.6) is 0 Å². The summed E-state index contributed by atoms with van der Waals surface area (Å²) in [5, 5.41) is 0.751. The third-order valence-electron chi connectivity index (χ3n) is 3.78. The van der Waals surface area contributed by atoms with Crippen LogP contribution in [0.2, 0.25) is 5.02 Å². The number of amides is 1. The summed E-state index contributed by atoms with van der Waals surface area (Å²) >= 11 is 7.51. The molecule has 0 aromatic heterocycles. The minimum Gasteiger partial charge on any atom is -0.344 e. The van der Waals surface area contributed by atoms with Crippen LogP contribution in [0.1, 0.15) is 18.4 Å². The molecule has 1 saturated heterocycles. The van der Waals surface area contributed by atoms with E-state index in [0.717, 1.165) is 23.9 Å². The van der Waals surface area contributed by atoms with Crippen molar-refractivity contribution in [3.63, 3.8) is 0 Å². The van der Waals surface area contributed by atoms with Crippen molar-refractivity contribution in [1.82, 2.24) is 9.80 Å². The predicted molar refractivity (Wildman–Crippen MR) is 90.9 cm³/mol. The summed E-state index contributed by atoms with van der Waals surface area (Å²) in [6.45, 7) is 4.21. The molecule has 3 nitrogen and oxygen atoms in total. The van der Waals surface area contributed by atoms with Crippen LogP contribution in [0.15, 0.2) is 24.3 Å². The fourth-order valence-electron chi connectivity index (χ4n) is 2.37. The van der Waals surface area contributed by atoms with Gasteiger partial charge in [-0.3, -0.25) is 4.79 Å². The summed E-state index contributed by atoms with van der Waals surface area (Å²) in [7, 11) is 1.90. The minimum absolute atomic E-state index is 0.216. The van der Waals surface area contributed by atoms with Crippen LogP contribution in [0.25, 0.3) is 0 Å². The molecule has 1 aliphatic heterocycles. The lowest BCUT2D eigenvalue weighted by Crippen LogP contribution is -2.36. The van der Waals surface area contributed by atoms with E-state index in [2.05, 4.69) is 4.90 Å². The first kappa shape index (κ1) is 16.7. The molecule has 1 heterocycles. The van der Waals surface area contributed by atoms with E-state index >= 15 is 0 Å². The highest BCUT2D eigenvalue weighted by atomic mass is 35.5. The summed E-state index contributed by atoms with van der Waals surface area (Å²) in [6.07, 6.45) is 2.60. The molecular formula is C16H23ClN2OS. The number of benzene rings is 1. The molecule has 0 unspecified atom stereocenters. The van der Waals surface area contributed by atoms with Crippen molar-refractivity contribution in [2.45, 2.75) is 18.6 Å². The fraction of sp³-hybridized carbons (Fsp3) is 0.562. The second kappa shape index (κ2) is 8.66. The van der Waals surface area contributed by atoms with Crippen molar-refractivity contribution < 1.29 is 4.79 Å². The molecule has 0 saturated carbocycles. The third-order valence-corrected chi connectivity index (χ3v) is 5.02. The van der Waals surface area contributed by atoms with Crippen LogP contribution in [0.3, 0.4) is 0 Å². The first-order valence-electron chi connectivity index (χ1n) is 7.43. The molecule has 0 aliphatic carbocycles. The first-order valence-corrected chi connectivity index (χ1v) is 8.97. The average molecular weight is 327 g/mol. The normalized spacial score (nSPS) is 15.3. The van der Waals surface area contributed by atoms with Gasteiger partial charge in [-0.1, -0.05) is 23.7 Å². The number of hydrogen-bond acceptors (Lipinski definition) is 3. The van der Waals surface area contributed by atoms with Crippen molar-refractivity contribution in [2.75, 3.05) is 39.0 Å². The third kappa shape index (κ3) is 5.89. The van der Waals surface area contributed by atoms with Gasteiger partial charge in [0, 0.05) is 30.9 Å². The quantitative estimate of drug-likeness (QED) is 0.769. The van der Waals surface area contributed by atoms with E-state index in [1.165, 1.54) is 31.5 Å². The Balaban J connectivity index is 1.62. The van der Waals surface area contributed by atoms with Gasteiger partial charge in [0.05, 0.1) is 5.75 Å². The Labute approximate surface area is 136 Å². The maximum absolute atomic E-state index is 12.1. The summed E-state index contributed by atoms with van der Waals surface area (Å²) in [5.74, 6) is 1.61. The molecule has 1 aromatic carbocycles. The van der Waals surface area contributed by atoms with Gasteiger partial charge in [0.1, 0.15) is 0 Å². The van der Waals surface area contributed by atoms with Gasteiger partial charge in [-0.05, 0) is 43.6 Å². The van der Waals surface area contributed by atoms with Crippen LogP contribution < -0.4 is 0 Å². The van der Waals surface area contributed by atoms with Crippen LogP contribution in [-0.4, -0.2) is 54.7 Å². The van der Waals surface area contributed by atoms with Crippen molar-refractivity contribution in [2.24, 2.45) is 0 Å². The summed E-state index contributed by atoms with van der Waals surface area (Å²) < 4.78 is 0. The zero-order valence-corrected chi connectivity index (χ0v) is 14.1. The lowest BCUT2D eigenvalue weighted by Gasteiger charge is -2.21. The van der Waals surface area contributed by atoms with Crippen LogP contribution in [-0.2, 0) is 10.5 Å². The standard InChI is InChI=1S/C16H23ClN2OS/c1-18(10-11-19-8-2-3-9-19)16(20)13-21-12-14-4-6-15(17)7-5-14/h4-7H,2-3,8-13H2,1H3. The summed E-state index contributed by atoms with van der Waals surface area (Å²) in [4.78, 5) is 16.3. The number of carbonyl (C=O) groups is 1. The number of hydrogen-bond donors (Lipinski definition) is 0. The molecule has 2 rings (SSSR count). The number of carbonyl (C=O) groups excluding carboxylic acids is 1. The highest BCUT2D eigenvalue weighted by molar-refractivity contribution is 7.99. The highest BCUT2D eigenvalue weighted by Gasteiger charge is 2.14. The maximum atomic E-state index is 12.1. The number of likely N-dealkylation sites (N-methyl/N-ethyl adjacent to an activating group) is 1. The summed E-state index contributed by atoms with van der Waals surface area (Å²) in [5.41, 5.74) is 1.21. The van der Waals surface area contributed by atoms with E-state index in [0.29, 0.717) is 5.75 Å². The molecule has 0 spiro atoms. The molecule has 116 valence electrons. The Morgan fingerprint density at radius 2 is 1.95 bits per heavy atom. The van der Waals surface area contributed by atoms with E-state index in [-0.39, 0.29) is 5.91 Å². The van der Waals surface area contributed by atoms with Gasteiger partial charge in [-0.2, -0.15) is 0 Å². The molecule has 5 heteroatoms. The van der Waals surface area contributed by atoms with E-state index in [9.17, 15) is 4.79 Å². The Morgan fingerprint density at radius 1 is 1.29 bits per heavy atom. The maximum Gasteiger partial charge on any atom is 0.232 e. The van der Waals surface area contributed by atoms with Crippen molar-refractivity contribution in [1.29, 1.82) is 0 Å². The molecule has 0 radical (unpaired) electrons. The average Bonchev–Trinajstić information content (AvgIpc) is 3.00. The largest absolute Gasteiger partial charge is 0.344 e. The molecule has 1 aliphatic rings. The Morgan fingerprint density at radius 3 is 2.62 bits per heavy atom. The van der Waals surface area contributed by atoms with Gasteiger partial charge < -0.3 is 9.80 Å². The van der Waals surface area contributed by atoms with E-state index in [1.807, 2.05) is 36.2 Å². The molecule has 1 fully saturated rings. The first-order chi connectivity index (χ1) is 10.1. The Bertz CT molecular complexity index is 446. The van der Waals surface area contributed by atoms with Crippen LogP contribution in [0, 0.1) is 0 Å². The van der Waals surface area contributed by atoms with Crippen LogP contribution >= 0.6 is 23.4 Å². The van der Waals surface area contributed by atoms with Crippen molar-refractivity contribution >= 4 is 29.3 Å². The van der Waals surface area contributed by atoms with Crippen molar-refractivity contribution in [3.05, 3.63) is 34.9 Å². The topological polar surface area (TPSA) is 23.6 Å². The lowest BCUT2D eigenvalue weighted by atomic mass is 10.2. The number of likely N-dealkylation sites (tertiary alicyclic amines) is 1. The fourth-order valence-corrected chi connectivity index (χ4v) is 3.42. The van der Waals surface area contributed by atoms with Gasteiger partial charge in [0.25, 0.3) is 0 Å². The van der Waals surface area contributed by atoms with Gasteiger partial charge >= 0.3 is 0 Å². The number of nitrogens with zero attached hydrogens (tertiary/aromatic N) is 2. The van der Waals surface area contributed by atoms with E-state index in [4.69, 9.17) is 11.6 Å². The molecule has 1 amide bonds. The lowest BCUT2D eigenvalue weighted by molar-refractivity contribution is -0.127. The smallest absolute Gasteiger partial charge is 0.232 e. The van der Waals surface area contributed by atoms with E-state index in [1.54, 1.807) is 11.8 Å². The molecule has 0 bridgehead atoms. The highest BCUT2D eigenvalue weighted by Crippen LogP contribution is 2.15. The van der Waals surface area contributed by atoms with Crippen molar-refractivity contribution in [3.8, 4) is 0 Å². The monoisotopic (exact) mass is 326 g/mol. The number of rotatable bonds is 7.